The third-order valence-corrected chi connectivity index (χ3v) is 3.33. The van der Waals surface area contributed by atoms with Gasteiger partial charge in [0.1, 0.15) is 0 Å². The lowest BCUT2D eigenvalue weighted by atomic mass is 10.3. The number of nitrogens with one attached hydrogen (secondary N) is 1. The second-order valence-corrected chi connectivity index (χ2v) is 4.82. The molecule has 0 aliphatic carbocycles. The molecule has 1 heterocycles. The topological polar surface area (TPSA) is 24.9 Å². The van der Waals surface area contributed by atoms with Gasteiger partial charge in [0, 0.05) is 18.0 Å². The molecule has 0 amide bonds. The number of aromatic nitrogens is 1. The lowest BCUT2D eigenvalue weighted by Crippen LogP contribution is -2.21. The summed E-state index contributed by atoms with van der Waals surface area (Å²) in [5.74, 6) is 0.834. The first kappa shape index (κ1) is 14.3. The summed E-state index contributed by atoms with van der Waals surface area (Å²) in [6, 6.07) is 2.88. The second kappa shape index (κ2) is 6.26. The molecule has 0 aromatic carbocycles. The van der Waals surface area contributed by atoms with Gasteiger partial charge in [-0.3, -0.25) is 0 Å². The molecule has 0 fully saturated rings. The number of hydrogen-bond acceptors (Lipinski definition) is 3. The van der Waals surface area contributed by atoms with Crippen LogP contribution in [0.1, 0.15) is 18.9 Å². The number of halogens is 3. The molecule has 6 heteroatoms. The maximum atomic E-state index is 12.3. The van der Waals surface area contributed by atoms with Crippen molar-refractivity contribution in [3.8, 4) is 0 Å². The molecule has 1 atom stereocenters. The minimum Gasteiger partial charge on any atom is -0.317 e. The average Bonchev–Trinajstić information content (AvgIpc) is 2.28. The Morgan fingerprint density at radius 1 is 1.41 bits per heavy atom. The second-order valence-electron chi connectivity index (χ2n) is 3.71. The lowest BCUT2D eigenvalue weighted by molar-refractivity contribution is -0.137. The summed E-state index contributed by atoms with van der Waals surface area (Å²) in [5, 5.41) is 3.72. The Morgan fingerprint density at radius 2 is 2.12 bits per heavy atom. The quantitative estimate of drug-likeness (QED) is 0.827. The van der Waals surface area contributed by atoms with Gasteiger partial charge in [-0.1, -0.05) is 0 Å². The molecule has 0 aliphatic rings. The fraction of sp³-hybridized carbons (Fsp3) is 0.545. The van der Waals surface area contributed by atoms with E-state index in [1.165, 1.54) is 17.8 Å². The standard InChI is InChI=1S/C11H15F3N2S/c1-8(15-2)5-6-17-10-4-3-9(7-16-10)11(12,13)14/h3-4,7-8,15H,5-6H2,1-2H3. The largest absolute Gasteiger partial charge is 0.417 e. The van der Waals surface area contributed by atoms with Crippen molar-refractivity contribution in [2.45, 2.75) is 30.6 Å². The number of hydrogen-bond donors (Lipinski definition) is 1. The molecule has 0 spiro atoms. The van der Waals surface area contributed by atoms with Crippen LogP contribution in [-0.4, -0.2) is 23.8 Å². The third-order valence-electron chi connectivity index (χ3n) is 2.36. The molecule has 1 unspecified atom stereocenters. The van der Waals surface area contributed by atoms with Crippen LogP contribution in [-0.2, 0) is 6.18 Å². The first-order chi connectivity index (χ1) is 7.93. The highest BCUT2D eigenvalue weighted by atomic mass is 32.2. The Morgan fingerprint density at radius 3 is 2.59 bits per heavy atom. The number of thioether (sulfide) groups is 1. The van der Waals surface area contributed by atoms with E-state index in [0.717, 1.165) is 24.4 Å². The van der Waals surface area contributed by atoms with E-state index < -0.39 is 11.7 Å². The molecule has 0 aliphatic heterocycles. The number of rotatable bonds is 5. The molecule has 17 heavy (non-hydrogen) atoms. The maximum Gasteiger partial charge on any atom is 0.417 e. The van der Waals surface area contributed by atoms with Crippen LogP contribution >= 0.6 is 11.8 Å². The Labute approximate surface area is 103 Å². The van der Waals surface area contributed by atoms with E-state index in [1.807, 2.05) is 7.05 Å². The van der Waals surface area contributed by atoms with Crippen molar-refractivity contribution in [3.63, 3.8) is 0 Å². The molecule has 0 saturated heterocycles. The zero-order valence-electron chi connectivity index (χ0n) is 9.71. The van der Waals surface area contributed by atoms with E-state index in [2.05, 4.69) is 17.2 Å². The molecule has 96 valence electrons. The molecule has 0 saturated carbocycles. The minimum atomic E-state index is -4.31. The van der Waals surface area contributed by atoms with Gasteiger partial charge in [0.15, 0.2) is 0 Å². The highest BCUT2D eigenvalue weighted by Crippen LogP contribution is 2.29. The van der Waals surface area contributed by atoms with Crippen LogP contribution in [0.4, 0.5) is 13.2 Å². The molecule has 0 radical (unpaired) electrons. The van der Waals surface area contributed by atoms with Gasteiger partial charge in [-0.25, -0.2) is 4.98 Å². The summed E-state index contributed by atoms with van der Waals surface area (Å²) < 4.78 is 36.8. The molecule has 1 aromatic rings. The zero-order valence-corrected chi connectivity index (χ0v) is 10.5. The molecule has 2 nitrogen and oxygen atoms in total. The molecule has 1 N–H and O–H groups in total. The molecule has 1 rings (SSSR count). The predicted octanol–water partition coefficient (Wildman–Crippen LogP) is 3.19. The number of alkyl halides is 3. The monoisotopic (exact) mass is 264 g/mol. The van der Waals surface area contributed by atoms with Crippen molar-refractivity contribution in [3.05, 3.63) is 23.9 Å². The predicted molar refractivity (Wildman–Crippen MR) is 63.1 cm³/mol. The maximum absolute atomic E-state index is 12.3. The van der Waals surface area contributed by atoms with Crippen LogP contribution in [0.5, 0.6) is 0 Å². The molecule has 1 aromatic heterocycles. The molecular weight excluding hydrogens is 249 g/mol. The zero-order chi connectivity index (χ0) is 12.9. The Kier molecular flexibility index (Phi) is 5.27. The summed E-state index contributed by atoms with van der Waals surface area (Å²) in [4.78, 5) is 3.79. The van der Waals surface area contributed by atoms with Crippen LogP contribution in [0.2, 0.25) is 0 Å². The minimum absolute atomic E-state index is 0.400. The van der Waals surface area contributed by atoms with Gasteiger partial charge in [-0.15, -0.1) is 11.8 Å². The van der Waals surface area contributed by atoms with Crippen LogP contribution in [0.15, 0.2) is 23.4 Å². The first-order valence-corrected chi connectivity index (χ1v) is 6.25. The van der Waals surface area contributed by atoms with Gasteiger partial charge in [-0.2, -0.15) is 13.2 Å². The fourth-order valence-corrected chi connectivity index (χ4v) is 2.09. The van der Waals surface area contributed by atoms with Crippen molar-refractivity contribution in [1.82, 2.24) is 10.3 Å². The third kappa shape index (κ3) is 4.95. The normalized spacial score (nSPS) is 13.7. The Bertz CT molecular complexity index is 338. The van der Waals surface area contributed by atoms with E-state index in [4.69, 9.17) is 0 Å². The van der Waals surface area contributed by atoms with Crippen molar-refractivity contribution < 1.29 is 13.2 Å². The van der Waals surface area contributed by atoms with Crippen molar-refractivity contribution >= 4 is 11.8 Å². The highest BCUT2D eigenvalue weighted by Gasteiger charge is 2.30. The average molecular weight is 264 g/mol. The summed E-state index contributed by atoms with van der Waals surface area (Å²) in [5.41, 5.74) is -0.703. The van der Waals surface area contributed by atoms with Gasteiger partial charge >= 0.3 is 6.18 Å². The summed E-state index contributed by atoms with van der Waals surface area (Å²) in [6.07, 6.45) is -2.48. The summed E-state index contributed by atoms with van der Waals surface area (Å²) >= 11 is 1.46. The summed E-state index contributed by atoms with van der Waals surface area (Å²) in [6.45, 7) is 2.06. The van der Waals surface area contributed by atoms with Crippen LogP contribution in [0.3, 0.4) is 0 Å². The fourth-order valence-electron chi connectivity index (χ4n) is 1.12. The van der Waals surface area contributed by atoms with Gasteiger partial charge in [0.2, 0.25) is 0 Å². The van der Waals surface area contributed by atoms with Gasteiger partial charge in [0.05, 0.1) is 10.6 Å². The van der Waals surface area contributed by atoms with E-state index in [1.54, 1.807) is 0 Å². The molecule has 0 bridgehead atoms. The van der Waals surface area contributed by atoms with E-state index >= 15 is 0 Å². The number of nitrogens with zero attached hydrogens (tertiary/aromatic N) is 1. The lowest BCUT2D eigenvalue weighted by Gasteiger charge is -2.09. The van der Waals surface area contributed by atoms with Crippen LogP contribution < -0.4 is 5.32 Å². The van der Waals surface area contributed by atoms with E-state index in [9.17, 15) is 13.2 Å². The number of pyridine rings is 1. The SMILES string of the molecule is CNC(C)CCSc1ccc(C(F)(F)F)cn1. The Balaban J connectivity index is 2.46. The highest BCUT2D eigenvalue weighted by molar-refractivity contribution is 7.99. The van der Waals surface area contributed by atoms with Crippen LogP contribution in [0, 0.1) is 0 Å². The van der Waals surface area contributed by atoms with Crippen molar-refractivity contribution in [2.24, 2.45) is 0 Å². The van der Waals surface area contributed by atoms with E-state index in [-0.39, 0.29) is 0 Å². The van der Waals surface area contributed by atoms with E-state index in [0.29, 0.717) is 11.1 Å². The van der Waals surface area contributed by atoms with Crippen molar-refractivity contribution in [2.75, 3.05) is 12.8 Å². The smallest absolute Gasteiger partial charge is 0.317 e. The van der Waals surface area contributed by atoms with Gasteiger partial charge in [0.25, 0.3) is 0 Å². The first-order valence-electron chi connectivity index (χ1n) is 5.27. The van der Waals surface area contributed by atoms with Crippen molar-refractivity contribution in [1.29, 1.82) is 0 Å². The van der Waals surface area contributed by atoms with Gasteiger partial charge < -0.3 is 5.32 Å². The summed E-state index contributed by atoms with van der Waals surface area (Å²) in [7, 11) is 1.88. The Hall–Kier alpha value is -0.750. The van der Waals surface area contributed by atoms with Crippen LogP contribution in [0.25, 0.3) is 0 Å². The van der Waals surface area contributed by atoms with Gasteiger partial charge in [-0.05, 0) is 32.5 Å². The molecular formula is C11H15F3N2S.